The van der Waals surface area contributed by atoms with Gasteiger partial charge in [0.1, 0.15) is 11.9 Å². The fraction of sp³-hybridized carbons (Fsp3) is 0.167. The van der Waals surface area contributed by atoms with Gasteiger partial charge in [-0.15, -0.1) is 0 Å². The zero-order chi connectivity index (χ0) is 10.7. The van der Waals surface area contributed by atoms with Gasteiger partial charge < -0.3 is 14.8 Å². The summed E-state index contributed by atoms with van der Waals surface area (Å²) in [5, 5.41) is 9.97. The molecular weight excluding hydrogens is 190 g/mol. The molecule has 3 heteroatoms. The molecule has 0 aliphatic heterocycles. The summed E-state index contributed by atoms with van der Waals surface area (Å²) in [5.41, 5.74) is 1.64. The lowest BCUT2D eigenvalue weighted by Gasteiger charge is -2.09. The molecule has 0 spiro atoms. The van der Waals surface area contributed by atoms with E-state index >= 15 is 0 Å². The number of aromatic amines is 1. The Kier molecular flexibility index (Phi) is 2.74. The summed E-state index contributed by atoms with van der Waals surface area (Å²) >= 11 is 0. The van der Waals surface area contributed by atoms with Gasteiger partial charge in [0, 0.05) is 11.9 Å². The lowest BCUT2D eigenvalue weighted by Crippen LogP contribution is -1.99. The number of rotatable bonds is 3. The smallest absolute Gasteiger partial charge is 0.119 e. The second kappa shape index (κ2) is 4.19. The molecule has 0 saturated carbocycles. The molecule has 1 aromatic heterocycles. The Balaban J connectivity index is 2.22. The van der Waals surface area contributed by atoms with Crippen LogP contribution in [0.2, 0.25) is 0 Å². The molecule has 78 valence electrons. The average Bonchev–Trinajstić information content (AvgIpc) is 2.82. The fourth-order valence-corrected chi connectivity index (χ4v) is 1.48. The number of H-pyrrole nitrogens is 1. The van der Waals surface area contributed by atoms with E-state index in [-0.39, 0.29) is 0 Å². The first-order chi connectivity index (χ1) is 7.31. The highest BCUT2D eigenvalue weighted by atomic mass is 16.5. The zero-order valence-corrected chi connectivity index (χ0v) is 8.47. The van der Waals surface area contributed by atoms with Gasteiger partial charge >= 0.3 is 0 Å². The van der Waals surface area contributed by atoms with E-state index in [1.54, 1.807) is 13.3 Å². The van der Waals surface area contributed by atoms with Crippen molar-refractivity contribution < 1.29 is 9.84 Å². The number of ether oxygens (including phenoxy) is 1. The number of hydrogen-bond acceptors (Lipinski definition) is 2. The first-order valence-corrected chi connectivity index (χ1v) is 4.76. The lowest BCUT2D eigenvalue weighted by atomic mass is 10.1. The standard InChI is InChI=1S/C12H13NO2/c1-15-10-6-4-9(5-7-10)12(14)11-3-2-8-13-11/h2-8,12-14H,1H3. The van der Waals surface area contributed by atoms with Crippen LogP contribution in [-0.4, -0.2) is 17.2 Å². The second-order valence-corrected chi connectivity index (χ2v) is 3.30. The van der Waals surface area contributed by atoms with Crippen LogP contribution in [0.4, 0.5) is 0 Å². The van der Waals surface area contributed by atoms with Gasteiger partial charge in [-0.05, 0) is 29.8 Å². The summed E-state index contributed by atoms with van der Waals surface area (Å²) in [7, 11) is 1.62. The van der Waals surface area contributed by atoms with E-state index in [4.69, 9.17) is 4.74 Å². The summed E-state index contributed by atoms with van der Waals surface area (Å²) < 4.78 is 5.05. The molecule has 0 radical (unpaired) electrons. The van der Waals surface area contributed by atoms with Crippen LogP contribution in [-0.2, 0) is 0 Å². The monoisotopic (exact) mass is 203 g/mol. The Labute approximate surface area is 88.3 Å². The summed E-state index contributed by atoms with van der Waals surface area (Å²) in [6, 6.07) is 11.1. The maximum Gasteiger partial charge on any atom is 0.119 e. The molecule has 2 N–H and O–H groups in total. The first kappa shape index (κ1) is 9.80. The van der Waals surface area contributed by atoms with Crippen molar-refractivity contribution in [2.75, 3.05) is 7.11 Å². The summed E-state index contributed by atoms with van der Waals surface area (Å²) in [5.74, 6) is 0.789. The van der Waals surface area contributed by atoms with Crippen molar-refractivity contribution in [1.29, 1.82) is 0 Å². The Bertz CT molecular complexity index is 406. The van der Waals surface area contributed by atoms with Crippen LogP contribution in [0.3, 0.4) is 0 Å². The molecule has 0 fully saturated rings. The van der Waals surface area contributed by atoms with Gasteiger partial charge in [0.2, 0.25) is 0 Å². The quantitative estimate of drug-likeness (QED) is 0.802. The molecule has 2 aromatic rings. The molecule has 3 nitrogen and oxygen atoms in total. The SMILES string of the molecule is COc1ccc(C(O)c2ccc[nH]2)cc1. The lowest BCUT2D eigenvalue weighted by molar-refractivity contribution is 0.216. The van der Waals surface area contributed by atoms with Crippen molar-refractivity contribution in [2.24, 2.45) is 0 Å². The van der Waals surface area contributed by atoms with E-state index in [0.717, 1.165) is 17.0 Å². The number of aliphatic hydroxyl groups excluding tert-OH is 1. The minimum absolute atomic E-state index is 0.606. The van der Waals surface area contributed by atoms with Crippen LogP contribution < -0.4 is 4.74 Å². The number of methoxy groups -OCH3 is 1. The third kappa shape index (κ3) is 2.02. The zero-order valence-electron chi connectivity index (χ0n) is 8.47. The van der Waals surface area contributed by atoms with Crippen LogP contribution >= 0.6 is 0 Å². The van der Waals surface area contributed by atoms with Crippen molar-refractivity contribution in [3.63, 3.8) is 0 Å². The molecule has 2 rings (SSSR count). The number of hydrogen-bond donors (Lipinski definition) is 2. The fourth-order valence-electron chi connectivity index (χ4n) is 1.48. The average molecular weight is 203 g/mol. The maximum atomic E-state index is 9.97. The number of aromatic nitrogens is 1. The van der Waals surface area contributed by atoms with E-state index in [0.29, 0.717) is 0 Å². The predicted molar refractivity (Wildman–Crippen MR) is 57.8 cm³/mol. The van der Waals surface area contributed by atoms with Gasteiger partial charge in [-0.25, -0.2) is 0 Å². The van der Waals surface area contributed by atoms with Crippen LogP contribution in [0.25, 0.3) is 0 Å². The van der Waals surface area contributed by atoms with E-state index in [1.807, 2.05) is 36.4 Å². The first-order valence-electron chi connectivity index (χ1n) is 4.76. The summed E-state index contributed by atoms with van der Waals surface area (Å²) in [6.45, 7) is 0. The predicted octanol–water partition coefficient (Wildman–Crippen LogP) is 2.10. The van der Waals surface area contributed by atoms with Crippen molar-refractivity contribution >= 4 is 0 Å². The molecule has 1 unspecified atom stereocenters. The van der Waals surface area contributed by atoms with Gasteiger partial charge in [-0.2, -0.15) is 0 Å². The molecule has 1 heterocycles. The molecule has 0 aliphatic rings. The maximum absolute atomic E-state index is 9.97. The number of aliphatic hydroxyl groups is 1. The Morgan fingerprint density at radius 2 is 1.93 bits per heavy atom. The topological polar surface area (TPSA) is 45.2 Å². The largest absolute Gasteiger partial charge is 0.497 e. The van der Waals surface area contributed by atoms with Gasteiger partial charge in [-0.3, -0.25) is 0 Å². The van der Waals surface area contributed by atoms with E-state index < -0.39 is 6.10 Å². The summed E-state index contributed by atoms with van der Waals surface area (Å²) in [4.78, 5) is 2.98. The van der Waals surface area contributed by atoms with Gasteiger partial charge in [0.15, 0.2) is 0 Å². The van der Waals surface area contributed by atoms with Crippen molar-refractivity contribution in [1.82, 2.24) is 4.98 Å². The third-order valence-corrected chi connectivity index (χ3v) is 2.35. The third-order valence-electron chi connectivity index (χ3n) is 2.35. The summed E-state index contributed by atoms with van der Waals surface area (Å²) in [6.07, 6.45) is 1.19. The highest BCUT2D eigenvalue weighted by molar-refractivity contribution is 5.31. The Morgan fingerprint density at radius 3 is 2.47 bits per heavy atom. The molecule has 0 amide bonds. The highest BCUT2D eigenvalue weighted by Crippen LogP contribution is 2.22. The van der Waals surface area contributed by atoms with Crippen LogP contribution in [0.5, 0.6) is 5.75 Å². The van der Waals surface area contributed by atoms with Crippen LogP contribution in [0, 0.1) is 0 Å². The molecular formula is C12H13NO2. The Hall–Kier alpha value is -1.74. The van der Waals surface area contributed by atoms with Crippen LogP contribution in [0.1, 0.15) is 17.4 Å². The van der Waals surface area contributed by atoms with Crippen LogP contribution in [0.15, 0.2) is 42.6 Å². The molecule has 0 aliphatic carbocycles. The van der Waals surface area contributed by atoms with E-state index in [1.165, 1.54) is 0 Å². The van der Waals surface area contributed by atoms with Gasteiger partial charge in [0.25, 0.3) is 0 Å². The Morgan fingerprint density at radius 1 is 1.20 bits per heavy atom. The molecule has 0 saturated heterocycles. The molecule has 1 aromatic carbocycles. The van der Waals surface area contributed by atoms with E-state index in [9.17, 15) is 5.11 Å². The minimum Gasteiger partial charge on any atom is -0.497 e. The minimum atomic E-state index is -0.606. The normalized spacial score (nSPS) is 12.4. The second-order valence-electron chi connectivity index (χ2n) is 3.30. The molecule has 0 bridgehead atoms. The van der Waals surface area contributed by atoms with Gasteiger partial charge in [0.05, 0.1) is 7.11 Å². The highest BCUT2D eigenvalue weighted by Gasteiger charge is 2.10. The molecule has 1 atom stereocenters. The van der Waals surface area contributed by atoms with Crippen molar-refractivity contribution in [2.45, 2.75) is 6.10 Å². The van der Waals surface area contributed by atoms with Gasteiger partial charge in [-0.1, -0.05) is 12.1 Å². The van der Waals surface area contributed by atoms with Crippen molar-refractivity contribution in [3.8, 4) is 5.75 Å². The van der Waals surface area contributed by atoms with E-state index in [2.05, 4.69) is 4.98 Å². The number of nitrogens with one attached hydrogen (secondary N) is 1. The van der Waals surface area contributed by atoms with Crippen molar-refractivity contribution in [3.05, 3.63) is 53.9 Å². The molecule has 15 heavy (non-hydrogen) atoms. The number of benzene rings is 1.